The van der Waals surface area contributed by atoms with Gasteiger partial charge in [0.25, 0.3) is 5.91 Å². The Morgan fingerprint density at radius 3 is 2.46 bits per heavy atom. The summed E-state index contributed by atoms with van der Waals surface area (Å²) in [6, 6.07) is 14.7. The van der Waals surface area contributed by atoms with E-state index in [1.54, 1.807) is 54.9 Å². The molecule has 1 heterocycles. The number of amides is 2. The van der Waals surface area contributed by atoms with Gasteiger partial charge in [-0.05, 0) is 35.9 Å². The Hall–Kier alpha value is -4.12. The van der Waals surface area contributed by atoms with Crippen LogP contribution >= 0.6 is 0 Å². The topological polar surface area (TPSA) is 127 Å². The number of nitrogens with one attached hydrogen (secondary N) is 2. The average Bonchev–Trinajstić information content (AvgIpc) is 2.85. The second-order valence-corrected chi connectivity index (χ2v) is 9.35. The van der Waals surface area contributed by atoms with E-state index in [-0.39, 0.29) is 29.2 Å². The number of benzene rings is 2. The molecule has 0 aliphatic carbocycles. The van der Waals surface area contributed by atoms with E-state index in [0.717, 1.165) is 16.1 Å². The molecular formula is C24H26N4O6S. The highest BCUT2D eigenvalue weighted by Crippen LogP contribution is 2.33. The molecule has 0 fully saturated rings. The second kappa shape index (κ2) is 11.3. The van der Waals surface area contributed by atoms with Crippen LogP contribution in [0.25, 0.3) is 0 Å². The van der Waals surface area contributed by atoms with Crippen molar-refractivity contribution in [3.63, 3.8) is 0 Å². The number of pyridine rings is 1. The average molecular weight is 499 g/mol. The maximum atomic E-state index is 12.9. The Labute approximate surface area is 203 Å². The van der Waals surface area contributed by atoms with E-state index in [9.17, 15) is 18.0 Å². The van der Waals surface area contributed by atoms with Gasteiger partial charge in [-0.1, -0.05) is 18.2 Å². The number of hydrogen-bond acceptors (Lipinski definition) is 7. The van der Waals surface area contributed by atoms with E-state index < -0.39 is 28.4 Å². The van der Waals surface area contributed by atoms with Gasteiger partial charge in [-0.2, -0.15) is 0 Å². The lowest BCUT2D eigenvalue weighted by Crippen LogP contribution is -2.38. The number of ether oxygens (including phenoxy) is 2. The van der Waals surface area contributed by atoms with Crippen molar-refractivity contribution in [2.45, 2.75) is 6.54 Å². The molecule has 0 radical (unpaired) electrons. The number of nitrogens with zero attached hydrogens (tertiary/aromatic N) is 2. The van der Waals surface area contributed by atoms with Crippen molar-refractivity contribution >= 4 is 33.2 Å². The summed E-state index contributed by atoms with van der Waals surface area (Å²) in [4.78, 5) is 29.7. The molecule has 0 atom stereocenters. The first-order valence-electron chi connectivity index (χ1n) is 10.5. The Balaban J connectivity index is 1.80. The Morgan fingerprint density at radius 1 is 1.03 bits per heavy atom. The molecule has 1 aromatic heterocycles. The first kappa shape index (κ1) is 25.5. The van der Waals surface area contributed by atoms with Gasteiger partial charge in [0.1, 0.15) is 18.0 Å². The number of methoxy groups -OCH3 is 2. The molecule has 2 aromatic carbocycles. The van der Waals surface area contributed by atoms with Crippen LogP contribution in [0.15, 0.2) is 67.0 Å². The summed E-state index contributed by atoms with van der Waals surface area (Å²) < 4.78 is 36.5. The first-order valence-corrected chi connectivity index (χ1v) is 12.3. The van der Waals surface area contributed by atoms with Gasteiger partial charge in [0.2, 0.25) is 15.9 Å². The van der Waals surface area contributed by atoms with Crippen LogP contribution in [-0.2, 0) is 21.4 Å². The lowest BCUT2D eigenvalue weighted by molar-refractivity contribution is -0.114. The lowest BCUT2D eigenvalue weighted by Gasteiger charge is -2.24. The number of aromatic nitrogens is 1. The van der Waals surface area contributed by atoms with Crippen LogP contribution in [0, 0.1) is 0 Å². The summed E-state index contributed by atoms with van der Waals surface area (Å²) in [6.07, 6.45) is 4.26. The molecule has 10 nitrogen and oxygen atoms in total. The minimum absolute atomic E-state index is 0.145. The van der Waals surface area contributed by atoms with Crippen LogP contribution in [0.4, 0.5) is 11.4 Å². The molecule has 2 N–H and O–H groups in total. The summed E-state index contributed by atoms with van der Waals surface area (Å²) in [6.45, 7) is -0.291. The molecule has 3 rings (SSSR count). The molecule has 11 heteroatoms. The number of carbonyl (C=O) groups is 2. The van der Waals surface area contributed by atoms with Crippen LogP contribution in [0.5, 0.6) is 11.5 Å². The minimum atomic E-state index is -3.88. The summed E-state index contributed by atoms with van der Waals surface area (Å²) >= 11 is 0. The maximum Gasteiger partial charge on any atom is 0.253 e. The zero-order valence-corrected chi connectivity index (χ0v) is 20.3. The molecule has 0 spiro atoms. The standard InChI is InChI=1S/C24H26N4O6S/c1-33-18-10-11-22(34-2)21(13-18)28(35(3,31)32)16-23(29)27-20-9-5-4-8-19(20)24(30)26-15-17-7-6-12-25-14-17/h4-14H,15-16H2,1-3H3,(H,26,30)(H,27,29). The molecule has 0 bridgehead atoms. The largest absolute Gasteiger partial charge is 0.497 e. The van der Waals surface area contributed by atoms with Crippen molar-refractivity contribution in [2.75, 3.05) is 36.6 Å². The summed E-state index contributed by atoms with van der Waals surface area (Å²) in [5.74, 6) is -0.406. The van der Waals surface area contributed by atoms with Crippen LogP contribution in [0.3, 0.4) is 0 Å². The molecule has 3 aromatic rings. The van der Waals surface area contributed by atoms with Crippen molar-refractivity contribution in [3.8, 4) is 11.5 Å². The fourth-order valence-electron chi connectivity index (χ4n) is 3.26. The van der Waals surface area contributed by atoms with Crippen molar-refractivity contribution in [1.82, 2.24) is 10.3 Å². The second-order valence-electron chi connectivity index (χ2n) is 7.45. The zero-order chi connectivity index (χ0) is 25.4. The zero-order valence-electron chi connectivity index (χ0n) is 19.5. The SMILES string of the molecule is COc1ccc(OC)c(N(CC(=O)Nc2ccccc2C(=O)NCc2cccnc2)S(C)(=O)=O)c1. The molecule has 0 aliphatic heterocycles. The normalized spacial score (nSPS) is 10.8. The van der Waals surface area contributed by atoms with E-state index in [1.807, 2.05) is 6.07 Å². The third-order valence-corrected chi connectivity index (χ3v) is 6.09. The van der Waals surface area contributed by atoms with Crippen molar-refractivity contribution in [1.29, 1.82) is 0 Å². The molecule has 0 aliphatic rings. The van der Waals surface area contributed by atoms with E-state index in [4.69, 9.17) is 9.47 Å². The number of rotatable bonds is 10. The van der Waals surface area contributed by atoms with Gasteiger partial charge in [0.15, 0.2) is 0 Å². The molecular weight excluding hydrogens is 472 g/mol. The molecule has 0 saturated carbocycles. The summed E-state index contributed by atoms with van der Waals surface area (Å²) in [7, 11) is -1.04. The fourth-order valence-corrected chi connectivity index (χ4v) is 4.12. The third kappa shape index (κ3) is 6.70. The summed E-state index contributed by atoms with van der Waals surface area (Å²) in [5, 5.41) is 5.42. The highest BCUT2D eigenvalue weighted by molar-refractivity contribution is 7.92. The quantitative estimate of drug-likeness (QED) is 0.440. The van der Waals surface area contributed by atoms with Gasteiger partial charge in [0.05, 0.1) is 37.4 Å². The Kier molecular flexibility index (Phi) is 8.26. The van der Waals surface area contributed by atoms with Crippen LogP contribution < -0.4 is 24.4 Å². The molecule has 2 amide bonds. The number of para-hydroxylation sites is 1. The molecule has 0 unspecified atom stereocenters. The fraction of sp³-hybridized carbons (Fsp3) is 0.208. The van der Waals surface area contributed by atoms with Crippen molar-refractivity contribution in [3.05, 3.63) is 78.1 Å². The number of anilines is 2. The Morgan fingerprint density at radius 2 is 1.80 bits per heavy atom. The Bertz CT molecular complexity index is 1300. The van der Waals surface area contributed by atoms with Gasteiger partial charge in [0, 0.05) is 25.0 Å². The van der Waals surface area contributed by atoms with E-state index in [1.165, 1.54) is 20.3 Å². The number of hydrogen-bond donors (Lipinski definition) is 2. The highest BCUT2D eigenvalue weighted by atomic mass is 32.2. The van der Waals surface area contributed by atoms with Crippen LogP contribution in [0.2, 0.25) is 0 Å². The van der Waals surface area contributed by atoms with Crippen molar-refractivity contribution < 1.29 is 27.5 Å². The summed E-state index contributed by atoms with van der Waals surface area (Å²) in [5.41, 5.74) is 1.44. The van der Waals surface area contributed by atoms with Crippen LogP contribution in [-0.4, -0.2) is 52.2 Å². The molecule has 0 saturated heterocycles. The minimum Gasteiger partial charge on any atom is -0.497 e. The maximum absolute atomic E-state index is 12.9. The van der Waals surface area contributed by atoms with Gasteiger partial charge < -0.3 is 20.1 Å². The van der Waals surface area contributed by atoms with Gasteiger partial charge >= 0.3 is 0 Å². The third-order valence-electron chi connectivity index (χ3n) is 4.96. The van der Waals surface area contributed by atoms with E-state index in [2.05, 4.69) is 15.6 Å². The van der Waals surface area contributed by atoms with Gasteiger partial charge in [-0.3, -0.25) is 18.9 Å². The van der Waals surface area contributed by atoms with Crippen molar-refractivity contribution in [2.24, 2.45) is 0 Å². The monoisotopic (exact) mass is 498 g/mol. The van der Waals surface area contributed by atoms with E-state index >= 15 is 0 Å². The van der Waals surface area contributed by atoms with Gasteiger partial charge in [-0.25, -0.2) is 8.42 Å². The lowest BCUT2D eigenvalue weighted by atomic mass is 10.1. The number of sulfonamides is 1. The van der Waals surface area contributed by atoms with E-state index in [0.29, 0.717) is 5.75 Å². The molecule has 35 heavy (non-hydrogen) atoms. The predicted octanol–water partition coefficient (Wildman–Crippen LogP) is 2.43. The molecule has 184 valence electrons. The number of carbonyl (C=O) groups excluding carboxylic acids is 2. The van der Waals surface area contributed by atoms with Gasteiger partial charge in [-0.15, -0.1) is 0 Å². The first-order chi connectivity index (χ1) is 16.7. The predicted molar refractivity (Wildman–Crippen MR) is 132 cm³/mol. The highest BCUT2D eigenvalue weighted by Gasteiger charge is 2.25. The smallest absolute Gasteiger partial charge is 0.253 e. The van der Waals surface area contributed by atoms with Crippen LogP contribution in [0.1, 0.15) is 15.9 Å².